The van der Waals surface area contributed by atoms with Gasteiger partial charge in [0.1, 0.15) is 41.0 Å². The minimum Gasteiger partial charge on any atom is -0.504 e. The number of aromatic hydroxyl groups is 1. The van der Waals surface area contributed by atoms with Crippen LogP contribution in [0.2, 0.25) is 0 Å². The number of amides is 1. The Kier molecular flexibility index (Phi) is 15.7. The van der Waals surface area contributed by atoms with Crippen LogP contribution in [0.3, 0.4) is 0 Å². The Bertz CT molecular complexity index is 3720. The number of anilines is 1. The molecular formula is C68H72N2O9P+. The summed E-state index contributed by atoms with van der Waals surface area (Å²) in [5.41, 5.74) is 3.17. The number of hydrogen-bond donors (Lipinski definition) is 5. The van der Waals surface area contributed by atoms with Gasteiger partial charge in [-0.25, -0.2) is 0 Å². The number of nitrogens with one attached hydrogen (secondary N) is 2. The second kappa shape index (κ2) is 22.8. The molecule has 8 aromatic carbocycles. The summed E-state index contributed by atoms with van der Waals surface area (Å²) in [6.07, 6.45) is 11.7. The van der Waals surface area contributed by atoms with Gasteiger partial charge in [-0.2, -0.15) is 0 Å². The highest BCUT2D eigenvalue weighted by atomic mass is 31.2. The van der Waals surface area contributed by atoms with Crippen LogP contribution in [-0.4, -0.2) is 52.7 Å². The van der Waals surface area contributed by atoms with Gasteiger partial charge in [-0.3, -0.25) is 24.0 Å². The largest absolute Gasteiger partial charge is 0.504 e. The fraction of sp³-hybridized carbons (Fsp3) is 0.368. The number of ketones is 2. The number of allylic oxidation sites excluding steroid dienone is 1. The van der Waals surface area contributed by atoms with E-state index in [0.717, 1.165) is 75.3 Å². The number of methoxy groups -OCH3 is 1. The predicted octanol–water partition coefficient (Wildman–Crippen LogP) is 11.1. The van der Waals surface area contributed by atoms with E-state index in [0.29, 0.717) is 91.5 Å². The van der Waals surface area contributed by atoms with Crippen LogP contribution in [-0.2, 0) is 34.0 Å². The van der Waals surface area contributed by atoms with Gasteiger partial charge < -0.3 is 30.7 Å². The molecule has 1 amide bonds. The van der Waals surface area contributed by atoms with E-state index >= 15 is 4.79 Å². The molecule has 0 aliphatic heterocycles. The van der Waals surface area contributed by atoms with Crippen molar-refractivity contribution in [2.45, 2.75) is 117 Å². The second-order valence-electron chi connectivity index (χ2n) is 23.0. The first-order valence-electron chi connectivity index (χ1n) is 28.8. The maximum Gasteiger partial charge on any atom is 0.225 e. The smallest absolute Gasteiger partial charge is 0.225 e. The summed E-state index contributed by atoms with van der Waals surface area (Å²) in [4.78, 5) is 71.3. The van der Waals surface area contributed by atoms with E-state index in [9.17, 15) is 34.5 Å². The molecule has 11 nitrogen and oxygen atoms in total. The molecule has 12 heteroatoms. The van der Waals surface area contributed by atoms with E-state index in [1.54, 1.807) is 0 Å². The summed E-state index contributed by atoms with van der Waals surface area (Å²) in [5.74, 6) is -0.764. The van der Waals surface area contributed by atoms with Crippen molar-refractivity contribution in [2.24, 2.45) is 23.7 Å². The number of phenolic OH excluding ortho intramolecular Hbond substituents is 1. The van der Waals surface area contributed by atoms with Gasteiger partial charge in [0, 0.05) is 46.8 Å². The summed E-state index contributed by atoms with van der Waals surface area (Å²) in [6, 6.07) is 34.4. The molecule has 1 unspecified atom stereocenters. The number of Topliss-reactive ketones (excluding diaryl/α,β-unsaturated/α-hetero) is 2. The highest BCUT2D eigenvalue weighted by Crippen LogP contribution is 2.57. The van der Waals surface area contributed by atoms with E-state index in [2.05, 4.69) is 83.4 Å². The van der Waals surface area contributed by atoms with Crippen molar-refractivity contribution in [1.29, 1.82) is 0 Å². The first kappa shape index (κ1) is 54.9. The lowest BCUT2D eigenvalue weighted by molar-refractivity contribution is -0.126. The lowest BCUT2D eigenvalue weighted by atomic mass is 9.77. The number of aliphatic hydroxyl groups excluding tert-OH is 2. The summed E-state index contributed by atoms with van der Waals surface area (Å²) >= 11 is 0. The standard InChI is InChI=1S/C68H71N2O9P/c1-5-15-52(74)43-27-24-42(25-28-43)35-69-65-50(31-26-41-22-29-44(30-23-41)68(78)70-38-80(47-16-9-6-10-17-47,48-18-11-7-12-19-48)49-20-13-8-14-21-49)51-32-39(2)55(40(3)73)64-63-58(51)61-56(45(36-71)33-53(75)59(61)65)57-46(37-72)34-54(76)60(62(57)63)66(77)67(64)79-4/h6-14,16-21,32-34,41-44,55,71-72H,5,15,22-31,35-38H2,1-4H3,(H2-,69,70,75,76,77,78)/p+1. The van der Waals surface area contributed by atoms with E-state index in [4.69, 9.17) is 4.74 Å². The van der Waals surface area contributed by atoms with Crippen LogP contribution in [0.5, 0.6) is 11.5 Å². The molecule has 11 rings (SSSR count). The maximum atomic E-state index is 15.2. The highest BCUT2D eigenvalue weighted by Gasteiger charge is 2.46. The van der Waals surface area contributed by atoms with Gasteiger partial charge in [-0.05, 0) is 189 Å². The van der Waals surface area contributed by atoms with Gasteiger partial charge in [0.15, 0.2) is 22.4 Å². The number of ether oxygens (including phenoxy) is 1. The quantitative estimate of drug-likeness (QED) is 0.0297. The Morgan fingerprint density at radius 1 is 0.662 bits per heavy atom. The molecule has 5 N–H and O–H groups in total. The van der Waals surface area contributed by atoms with Gasteiger partial charge in [-0.15, -0.1) is 0 Å². The van der Waals surface area contributed by atoms with E-state index < -0.39 is 37.6 Å². The average molecular weight is 1090 g/mol. The number of rotatable bonds is 19. The van der Waals surface area contributed by atoms with Crippen molar-refractivity contribution < 1.29 is 34.4 Å². The molecule has 3 aliphatic carbocycles. The lowest BCUT2D eigenvalue weighted by Crippen LogP contribution is -2.42. The van der Waals surface area contributed by atoms with Crippen molar-refractivity contribution in [3.8, 4) is 11.5 Å². The molecule has 412 valence electrons. The summed E-state index contributed by atoms with van der Waals surface area (Å²) in [7, 11) is -0.891. The van der Waals surface area contributed by atoms with Gasteiger partial charge in [0.2, 0.25) is 5.91 Å². The number of carbonyl (C=O) groups is 3. The average Bonchev–Trinajstić information content (AvgIpc) is 1.60. The zero-order valence-corrected chi connectivity index (χ0v) is 47.2. The van der Waals surface area contributed by atoms with Crippen molar-refractivity contribution >= 4 is 95.5 Å². The molecule has 0 heterocycles. The molecule has 8 aromatic rings. The van der Waals surface area contributed by atoms with Crippen LogP contribution in [0.15, 0.2) is 118 Å². The topological polar surface area (TPSA) is 179 Å². The maximum absolute atomic E-state index is 15.2. The number of hydrogen-bond acceptors (Lipinski definition) is 10. The molecular weight excluding hydrogens is 1020 g/mol. The molecule has 0 spiro atoms. The van der Waals surface area contributed by atoms with Crippen LogP contribution in [0.25, 0.3) is 49.2 Å². The number of carbonyl (C=O) groups excluding carboxylic acids is 3. The first-order valence-corrected chi connectivity index (χ1v) is 30.8. The van der Waals surface area contributed by atoms with Crippen LogP contribution in [0.4, 0.5) is 5.69 Å². The molecule has 80 heavy (non-hydrogen) atoms. The molecule has 0 saturated heterocycles. The number of benzene rings is 8. The zero-order valence-electron chi connectivity index (χ0n) is 46.3. The fourth-order valence-corrected chi connectivity index (χ4v) is 18.4. The minimum absolute atomic E-state index is 0.00399. The third kappa shape index (κ3) is 9.43. The summed E-state index contributed by atoms with van der Waals surface area (Å²) < 4.78 is 6.02. The van der Waals surface area contributed by atoms with Gasteiger partial charge in [-0.1, -0.05) is 73.2 Å². The highest BCUT2D eigenvalue weighted by molar-refractivity contribution is 7.95. The first-order chi connectivity index (χ1) is 38.8. The number of phenols is 1. The Morgan fingerprint density at radius 3 is 1.71 bits per heavy atom. The van der Waals surface area contributed by atoms with Crippen molar-refractivity contribution in [3.05, 3.63) is 157 Å². The van der Waals surface area contributed by atoms with Crippen molar-refractivity contribution in [1.82, 2.24) is 5.32 Å². The predicted molar refractivity (Wildman–Crippen MR) is 324 cm³/mol. The SMILES string of the molecule is CCCC(=O)C1CCC(CNc2c(CCC3CCC(C(=O)NC[P+](c4ccccc4)(c4ccccc4)c4ccccc4)CC3)c3c4c5c(c(OC)c(O)c6c(=O)cc(CO)c(c7c(CO)cc(=O)c2c74)c65)C(C(C)=O)C(C)=C3)CC1. The Balaban J connectivity index is 0.998. The molecule has 1 atom stereocenters. The molecule has 0 radical (unpaired) electrons. The number of fused-ring (bicyclic) bond motifs is 1. The van der Waals surface area contributed by atoms with E-state index in [-0.39, 0.29) is 57.5 Å². The minimum atomic E-state index is -2.30. The van der Waals surface area contributed by atoms with Crippen LogP contribution in [0, 0.1) is 23.7 Å². The normalized spacial score (nSPS) is 19.4. The molecule has 2 saturated carbocycles. The molecule has 0 bridgehead atoms. The van der Waals surface area contributed by atoms with Crippen molar-refractivity contribution in [3.63, 3.8) is 0 Å². The Morgan fingerprint density at radius 2 is 1.19 bits per heavy atom. The van der Waals surface area contributed by atoms with E-state index in [1.807, 2.05) is 38.1 Å². The van der Waals surface area contributed by atoms with Crippen LogP contribution in [0.1, 0.15) is 125 Å². The fourth-order valence-electron chi connectivity index (χ4n) is 14.5. The van der Waals surface area contributed by atoms with Gasteiger partial charge in [0.25, 0.3) is 0 Å². The Hall–Kier alpha value is -7.04. The zero-order chi connectivity index (χ0) is 56.0. The third-order valence-electron chi connectivity index (χ3n) is 18.4. The van der Waals surface area contributed by atoms with Gasteiger partial charge in [0.05, 0.1) is 37.0 Å². The lowest BCUT2D eigenvalue weighted by Gasteiger charge is -2.31. The third-order valence-corrected chi connectivity index (χ3v) is 22.6. The monoisotopic (exact) mass is 1090 g/mol. The molecule has 3 aliphatic rings. The van der Waals surface area contributed by atoms with Crippen LogP contribution < -0.4 is 42.1 Å². The number of aliphatic hydroxyl groups is 2. The molecule has 2 fully saturated rings. The summed E-state index contributed by atoms with van der Waals surface area (Å²) in [5, 5.41) is 48.8. The molecule has 0 aromatic heterocycles. The summed E-state index contributed by atoms with van der Waals surface area (Å²) in [6.45, 7) is 4.93. The van der Waals surface area contributed by atoms with Crippen molar-refractivity contribution in [2.75, 3.05) is 25.3 Å². The van der Waals surface area contributed by atoms with Crippen LogP contribution >= 0.6 is 7.26 Å². The second-order valence-corrected chi connectivity index (χ2v) is 26.5. The van der Waals surface area contributed by atoms with Gasteiger partial charge >= 0.3 is 0 Å². The van der Waals surface area contributed by atoms with E-state index in [1.165, 1.54) is 42.1 Å². The Labute approximate surface area is 467 Å².